The predicted octanol–water partition coefficient (Wildman–Crippen LogP) is 8.91. The standard InChI is InChI=1S/C36H42S/c1-6-9-14-26-15-13-16-27(21-26)24(4)20-31-25(5)29(17-10-7-2)32-22-34-30-18-11-12-19-35(30)37-36(34)23-33(32)28(31)8-3/h8-11,14,16-18,20-22,24,36H,6-7,12-13,15,19,23H2,1-5H3/b14-9-,17-10-,28-8+,31-20-/t24-,36?/m1/s1. The zero-order valence-electron chi connectivity index (χ0n) is 23.4. The van der Waals surface area contributed by atoms with E-state index < -0.39 is 0 Å². The second-order valence-electron chi connectivity index (χ2n) is 10.8. The molecule has 1 aliphatic heterocycles. The highest BCUT2D eigenvalue weighted by atomic mass is 32.2. The zero-order chi connectivity index (χ0) is 25.9. The topological polar surface area (TPSA) is 0 Å². The summed E-state index contributed by atoms with van der Waals surface area (Å²) in [7, 11) is 0. The molecule has 0 saturated heterocycles. The Morgan fingerprint density at radius 3 is 2.62 bits per heavy atom. The minimum Gasteiger partial charge on any atom is -0.121 e. The summed E-state index contributed by atoms with van der Waals surface area (Å²) < 4.78 is 0. The van der Waals surface area contributed by atoms with Gasteiger partial charge in [0.2, 0.25) is 0 Å². The Bertz CT molecular complexity index is 1410. The number of benzene rings is 1. The van der Waals surface area contributed by atoms with Crippen LogP contribution in [0.5, 0.6) is 0 Å². The van der Waals surface area contributed by atoms with Gasteiger partial charge in [-0.05, 0) is 131 Å². The summed E-state index contributed by atoms with van der Waals surface area (Å²) in [6, 6.07) is 0. The monoisotopic (exact) mass is 506 g/mol. The molecule has 1 aromatic carbocycles. The highest BCUT2D eigenvalue weighted by molar-refractivity contribution is 8.04. The number of hydrogen-bond acceptors (Lipinski definition) is 1. The average molecular weight is 507 g/mol. The molecule has 0 fully saturated rings. The van der Waals surface area contributed by atoms with E-state index >= 15 is 0 Å². The first-order chi connectivity index (χ1) is 18.0. The quantitative estimate of drug-likeness (QED) is 0.371. The van der Waals surface area contributed by atoms with Crippen LogP contribution >= 0.6 is 11.8 Å². The third kappa shape index (κ3) is 5.13. The molecule has 1 aromatic rings. The van der Waals surface area contributed by atoms with Crippen LogP contribution in [0.2, 0.25) is 0 Å². The van der Waals surface area contributed by atoms with E-state index in [9.17, 15) is 0 Å². The number of hydrogen-bond donors (Lipinski definition) is 0. The summed E-state index contributed by atoms with van der Waals surface area (Å²) in [6.07, 6.45) is 34.5. The Balaban J connectivity index is 1.66. The molecule has 0 radical (unpaired) electrons. The molecule has 3 aliphatic carbocycles. The minimum absolute atomic E-state index is 0.387. The molecule has 2 atom stereocenters. The van der Waals surface area contributed by atoms with Crippen LogP contribution in [0.15, 0.2) is 69.7 Å². The number of allylic oxidation sites excluding steroid dienone is 11. The summed E-state index contributed by atoms with van der Waals surface area (Å²) in [5, 5.41) is 3.45. The van der Waals surface area contributed by atoms with E-state index in [-0.39, 0.29) is 0 Å². The molecule has 0 aromatic heterocycles. The first kappa shape index (κ1) is 26.1. The predicted molar refractivity (Wildman–Crippen MR) is 167 cm³/mol. The molecule has 4 aliphatic rings. The van der Waals surface area contributed by atoms with Crippen molar-refractivity contribution in [3.63, 3.8) is 0 Å². The van der Waals surface area contributed by atoms with Gasteiger partial charge >= 0.3 is 0 Å². The maximum atomic E-state index is 2.55. The Kier molecular flexibility index (Phi) is 8.10. The van der Waals surface area contributed by atoms with Crippen molar-refractivity contribution in [3.8, 4) is 0 Å². The molecular weight excluding hydrogens is 464 g/mol. The Morgan fingerprint density at radius 1 is 1.03 bits per heavy atom. The second-order valence-corrected chi connectivity index (χ2v) is 12.1. The van der Waals surface area contributed by atoms with Crippen molar-refractivity contribution in [1.82, 2.24) is 0 Å². The Labute approximate surface area is 228 Å². The van der Waals surface area contributed by atoms with Gasteiger partial charge in [0.25, 0.3) is 0 Å². The fourth-order valence-electron chi connectivity index (χ4n) is 6.31. The number of rotatable bonds is 6. The van der Waals surface area contributed by atoms with Gasteiger partial charge in [-0.15, -0.1) is 11.8 Å². The van der Waals surface area contributed by atoms with Crippen LogP contribution in [-0.2, 0) is 6.42 Å². The molecule has 192 valence electrons. The van der Waals surface area contributed by atoms with Crippen molar-refractivity contribution in [1.29, 1.82) is 0 Å². The van der Waals surface area contributed by atoms with Crippen LogP contribution in [0.1, 0.15) is 88.5 Å². The summed E-state index contributed by atoms with van der Waals surface area (Å²) >= 11 is 2.13. The molecule has 5 rings (SSSR count). The highest BCUT2D eigenvalue weighted by Crippen LogP contribution is 2.50. The van der Waals surface area contributed by atoms with Crippen molar-refractivity contribution >= 4 is 36.1 Å². The first-order valence-corrected chi connectivity index (χ1v) is 15.3. The molecule has 37 heavy (non-hydrogen) atoms. The molecule has 1 heteroatoms. The van der Waals surface area contributed by atoms with Crippen molar-refractivity contribution in [2.24, 2.45) is 5.92 Å². The Hall–Kier alpha value is -2.51. The summed E-state index contributed by atoms with van der Waals surface area (Å²) in [5.41, 5.74) is 11.9. The third-order valence-corrected chi connectivity index (χ3v) is 9.69. The zero-order valence-corrected chi connectivity index (χ0v) is 24.2. The van der Waals surface area contributed by atoms with Gasteiger partial charge in [0.15, 0.2) is 0 Å². The summed E-state index contributed by atoms with van der Waals surface area (Å²) in [5.74, 6) is 0.387. The van der Waals surface area contributed by atoms with E-state index in [1.165, 1.54) is 56.7 Å². The molecule has 0 nitrogen and oxygen atoms in total. The molecule has 0 N–H and O–H groups in total. The van der Waals surface area contributed by atoms with E-state index in [0.717, 1.165) is 32.1 Å². The molecule has 1 heterocycles. The van der Waals surface area contributed by atoms with Crippen LogP contribution in [0.3, 0.4) is 0 Å². The average Bonchev–Trinajstić information content (AvgIpc) is 3.28. The Morgan fingerprint density at radius 2 is 1.84 bits per heavy atom. The van der Waals surface area contributed by atoms with Crippen LogP contribution in [-0.4, -0.2) is 5.25 Å². The van der Waals surface area contributed by atoms with Gasteiger partial charge in [-0.25, -0.2) is 0 Å². The molecule has 1 unspecified atom stereocenters. The van der Waals surface area contributed by atoms with Crippen molar-refractivity contribution in [2.45, 2.75) is 84.8 Å². The van der Waals surface area contributed by atoms with E-state index in [2.05, 4.69) is 113 Å². The van der Waals surface area contributed by atoms with Gasteiger partial charge in [-0.2, -0.15) is 0 Å². The van der Waals surface area contributed by atoms with Crippen LogP contribution < -0.4 is 10.4 Å². The van der Waals surface area contributed by atoms with Crippen LogP contribution in [0.4, 0.5) is 0 Å². The fourth-order valence-corrected chi connectivity index (χ4v) is 7.77. The number of thioether (sulfide) groups is 1. The lowest BCUT2D eigenvalue weighted by Crippen LogP contribution is -2.36. The minimum atomic E-state index is 0.387. The van der Waals surface area contributed by atoms with Crippen molar-refractivity contribution in [3.05, 3.63) is 102 Å². The maximum Gasteiger partial charge on any atom is 0.0388 e. The lowest BCUT2D eigenvalue weighted by Gasteiger charge is -2.25. The molecule has 0 bridgehead atoms. The van der Waals surface area contributed by atoms with Crippen LogP contribution in [0.25, 0.3) is 24.3 Å². The largest absolute Gasteiger partial charge is 0.121 e. The summed E-state index contributed by atoms with van der Waals surface area (Å²) in [6.45, 7) is 11.4. The molecule has 0 saturated carbocycles. The normalized spacial score (nSPS) is 22.8. The maximum absolute atomic E-state index is 2.55. The van der Waals surface area contributed by atoms with Gasteiger partial charge in [0.1, 0.15) is 0 Å². The third-order valence-electron chi connectivity index (χ3n) is 8.28. The van der Waals surface area contributed by atoms with Crippen LogP contribution in [0, 0.1) is 12.8 Å². The molecular formula is C36H42S. The van der Waals surface area contributed by atoms with E-state index in [1.54, 1.807) is 16.0 Å². The van der Waals surface area contributed by atoms with E-state index in [0.29, 0.717) is 11.2 Å². The van der Waals surface area contributed by atoms with Crippen molar-refractivity contribution in [2.75, 3.05) is 0 Å². The fraction of sp³-hybridized carbons (Fsp3) is 0.389. The molecule has 0 amide bonds. The SMILES string of the molecule is C/C=c1/c2c(c(/C=C\CC)c(C)/c1=C/[C@@H](C)C1=CCCC(/C=C\CC)=C1)C=C1C3=C(CCC=C3)SC1C2. The van der Waals surface area contributed by atoms with Gasteiger partial charge < -0.3 is 0 Å². The van der Waals surface area contributed by atoms with E-state index in [1.807, 2.05) is 0 Å². The molecule has 0 spiro atoms. The van der Waals surface area contributed by atoms with Gasteiger partial charge in [-0.1, -0.05) is 81.5 Å². The second kappa shape index (κ2) is 11.5. The van der Waals surface area contributed by atoms with Gasteiger partial charge in [0.05, 0.1) is 0 Å². The van der Waals surface area contributed by atoms with E-state index in [4.69, 9.17) is 0 Å². The number of fused-ring (bicyclic) bond motifs is 3. The van der Waals surface area contributed by atoms with Crippen molar-refractivity contribution < 1.29 is 0 Å². The summed E-state index contributed by atoms with van der Waals surface area (Å²) in [4.78, 5) is 1.61. The smallest absolute Gasteiger partial charge is 0.0388 e. The highest BCUT2D eigenvalue weighted by Gasteiger charge is 2.34. The first-order valence-electron chi connectivity index (χ1n) is 14.4. The lowest BCUT2D eigenvalue weighted by molar-refractivity contribution is 0.875. The van der Waals surface area contributed by atoms with Gasteiger partial charge in [-0.3, -0.25) is 0 Å². The van der Waals surface area contributed by atoms with Gasteiger partial charge in [0, 0.05) is 5.25 Å². The lowest BCUT2D eigenvalue weighted by atomic mass is 9.81.